The van der Waals surface area contributed by atoms with Gasteiger partial charge < -0.3 is 15.2 Å². The van der Waals surface area contributed by atoms with Crippen molar-refractivity contribution >= 4 is 0 Å². The van der Waals surface area contributed by atoms with Crippen LogP contribution in [0.2, 0.25) is 0 Å². The number of ether oxygens (including phenoxy) is 1. The lowest BCUT2D eigenvalue weighted by Gasteiger charge is -2.30. The summed E-state index contributed by atoms with van der Waals surface area (Å²) in [5.41, 5.74) is 0.236. The second-order valence-corrected chi connectivity index (χ2v) is 6.05. The van der Waals surface area contributed by atoms with E-state index in [9.17, 15) is 5.11 Å². The van der Waals surface area contributed by atoms with Gasteiger partial charge in [0.25, 0.3) is 0 Å². The Morgan fingerprint density at radius 1 is 1.21 bits per heavy atom. The van der Waals surface area contributed by atoms with Gasteiger partial charge in [-0.25, -0.2) is 0 Å². The summed E-state index contributed by atoms with van der Waals surface area (Å²) < 4.78 is 5.51. The van der Waals surface area contributed by atoms with Crippen molar-refractivity contribution in [3.05, 3.63) is 30.3 Å². The van der Waals surface area contributed by atoms with E-state index in [-0.39, 0.29) is 5.41 Å². The summed E-state index contributed by atoms with van der Waals surface area (Å²) in [6.07, 6.45) is -0.483. The van der Waals surface area contributed by atoms with Crippen molar-refractivity contribution in [3.63, 3.8) is 0 Å². The first-order valence-electron chi connectivity index (χ1n) is 6.98. The highest BCUT2D eigenvalue weighted by Crippen LogP contribution is 2.24. The van der Waals surface area contributed by atoms with E-state index < -0.39 is 6.10 Å². The number of hydrogen-bond acceptors (Lipinski definition) is 3. The molecule has 0 saturated heterocycles. The number of nitrogens with one attached hydrogen (secondary N) is 1. The number of benzene rings is 1. The smallest absolute Gasteiger partial charge is 0.119 e. The van der Waals surface area contributed by atoms with Crippen molar-refractivity contribution in [2.45, 2.75) is 33.8 Å². The molecule has 0 bridgehead atoms. The fourth-order valence-electron chi connectivity index (χ4n) is 1.53. The number of para-hydroxylation sites is 1. The first kappa shape index (κ1) is 16.0. The molecule has 0 spiro atoms. The molecule has 0 radical (unpaired) electrons. The van der Waals surface area contributed by atoms with Crippen molar-refractivity contribution in [3.8, 4) is 5.75 Å². The van der Waals surface area contributed by atoms with Gasteiger partial charge in [0.15, 0.2) is 0 Å². The van der Waals surface area contributed by atoms with Gasteiger partial charge in [0, 0.05) is 13.1 Å². The van der Waals surface area contributed by atoms with Gasteiger partial charge in [-0.15, -0.1) is 0 Å². The minimum absolute atomic E-state index is 0.236. The molecule has 1 aromatic carbocycles. The molecule has 3 heteroatoms. The number of aliphatic hydroxyl groups excluding tert-OH is 1. The molecule has 108 valence electrons. The lowest BCUT2D eigenvalue weighted by molar-refractivity contribution is 0.101. The van der Waals surface area contributed by atoms with Crippen molar-refractivity contribution in [2.24, 2.45) is 11.3 Å². The molecule has 0 fully saturated rings. The summed E-state index contributed by atoms with van der Waals surface area (Å²) in [7, 11) is 0. The quantitative estimate of drug-likeness (QED) is 0.759. The summed E-state index contributed by atoms with van der Waals surface area (Å²) >= 11 is 0. The van der Waals surface area contributed by atoms with E-state index in [0.717, 1.165) is 12.3 Å². The van der Waals surface area contributed by atoms with E-state index in [0.29, 0.717) is 19.1 Å². The van der Waals surface area contributed by atoms with Gasteiger partial charge in [-0.05, 0) is 23.5 Å². The maximum atomic E-state index is 9.86. The van der Waals surface area contributed by atoms with Gasteiger partial charge >= 0.3 is 0 Å². The molecule has 1 atom stereocenters. The van der Waals surface area contributed by atoms with E-state index in [1.165, 1.54) is 0 Å². The van der Waals surface area contributed by atoms with Gasteiger partial charge in [-0.2, -0.15) is 0 Å². The van der Waals surface area contributed by atoms with E-state index in [1.54, 1.807) is 0 Å². The van der Waals surface area contributed by atoms with Crippen LogP contribution in [0.4, 0.5) is 0 Å². The third-order valence-corrected chi connectivity index (χ3v) is 3.71. The van der Waals surface area contributed by atoms with E-state index in [2.05, 4.69) is 33.0 Å². The molecular weight excluding hydrogens is 238 g/mol. The zero-order chi connectivity index (χ0) is 14.3. The second-order valence-electron chi connectivity index (χ2n) is 6.05. The van der Waals surface area contributed by atoms with Crippen LogP contribution in [0, 0.1) is 11.3 Å². The molecule has 1 rings (SSSR count). The predicted molar refractivity (Wildman–Crippen MR) is 79.4 cm³/mol. The van der Waals surface area contributed by atoms with Crippen LogP contribution in [-0.4, -0.2) is 30.9 Å². The first-order valence-corrected chi connectivity index (χ1v) is 6.98. The standard InChI is InChI=1S/C16H27NO2/c1-13(2)16(3,4)12-17-10-14(18)11-19-15-8-6-5-7-9-15/h5-9,13-14,17-18H,10-12H2,1-4H3. The number of hydrogen-bond donors (Lipinski definition) is 2. The Bertz CT molecular complexity index is 349. The summed E-state index contributed by atoms with van der Waals surface area (Å²) in [6, 6.07) is 9.57. The Labute approximate surface area is 117 Å². The van der Waals surface area contributed by atoms with E-state index >= 15 is 0 Å². The van der Waals surface area contributed by atoms with Crippen LogP contribution in [0.1, 0.15) is 27.7 Å². The monoisotopic (exact) mass is 265 g/mol. The molecule has 3 nitrogen and oxygen atoms in total. The average Bonchev–Trinajstić information content (AvgIpc) is 2.37. The fourth-order valence-corrected chi connectivity index (χ4v) is 1.53. The van der Waals surface area contributed by atoms with Crippen LogP contribution in [0.15, 0.2) is 30.3 Å². The maximum Gasteiger partial charge on any atom is 0.119 e. The Hall–Kier alpha value is -1.06. The highest BCUT2D eigenvalue weighted by Gasteiger charge is 2.21. The Morgan fingerprint density at radius 3 is 2.42 bits per heavy atom. The molecule has 0 aromatic heterocycles. The van der Waals surface area contributed by atoms with E-state index in [4.69, 9.17) is 4.74 Å². The van der Waals surface area contributed by atoms with E-state index in [1.807, 2.05) is 30.3 Å². The van der Waals surface area contributed by atoms with Gasteiger partial charge in [0.05, 0.1) is 0 Å². The predicted octanol–water partition coefficient (Wildman–Crippen LogP) is 2.70. The highest BCUT2D eigenvalue weighted by atomic mass is 16.5. The first-order chi connectivity index (χ1) is 8.92. The maximum absolute atomic E-state index is 9.86. The third kappa shape index (κ3) is 6.08. The van der Waals surface area contributed by atoms with Crippen molar-refractivity contribution in [2.75, 3.05) is 19.7 Å². The minimum Gasteiger partial charge on any atom is -0.491 e. The van der Waals surface area contributed by atoms with Gasteiger partial charge in [-0.3, -0.25) is 0 Å². The topological polar surface area (TPSA) is 41.5 Å². The number of rotatable bonds is 8. The zero-order valence-corrected chi connectivity index (χ0v) is 12.5. The summed E-state index contributed by atoms with van der Waals surface area (Å²) in [5.74, 6) is 1.40. The summed E-state index contributed by atoms with van der Waals surface area (Å²) in [4.78, 5) is 0. The molecule has 19 heavy (non-hydrogen) atoms. The Balaban J connectivity index is 2.20. The van der Waals surface area contributed by atoms with Crippen molar-refractivity contribution < 1.29 is 9.84 Å². The SMILES string of the molecule is CC(C)C(C)(C)CNCC(O)COc1ccccc1. The number of aliphatic hydroxyl groups is 1. The van der Waals surface area contributed by atoms with Gasteiger partial charge in [0.1, 0.15) is 18.5 Å². The molecule has 0 heterocycles. The van der Waals surface area contributed by atoms with Crippen molar-refractivity contribution in [1.82, 2.24) is 5.32 Å². The Morgan fingerprint density at radius 2 is 1.84 bits per heavy atom. The molecule has 2 N–H and O–H groups in total. The summed E-state index contributed by atoms with van der Waals surface area (Å²) in [6.45, 7) is 10.7. The van der Waals surface area contributed by atoms with Crippen LogP contribution in [0.5, 0.6) is 5.75 Å². The molecule has 0 aliphatic rings. The largest absolute Gasteiger partial charge is 0.491 e. The van der Waals surface area contributed by atoms with Crippen LogP contribution in [0.25, 0.3) is 0 Å². The van der Waals surface area contributed by atoms with Crippen LogP contribution >= 0.6 is 0 Å². The van der Waals surface area contributed by atoms with Gasteiger partial charge in [0.2, 0.25) is 0 Å². The summed E-state index contributed by atoms with van der Waals surface area (Å²) in [5, 5.41) is 13.2. The highest BCUT2D eigenvalue weighted by molar-refractivity contribution is 5.20. The average molecular weight is 265 g/mol. The second kappa shape index (κ2) is 7.51. The lowest BCUT2D eigenvalue weighted by atomic mass is 9.81. The molecule has 0 amide bonds. The molecular formula is C16H27NO2. The fraction of sp³-hybridized carbons (Fsp3) is 0.625. The Kier molecular flexibility index (Phi) is 6.32. The zero-order valence-electron chi connectivity index (χ0n) is 12.5. The molecule has 1 aromatic rings. The normalized spacial score (nSPS) is 13.6. The van der Waals surface area contributed by atoms with Crippen LogP contribution < -0.4 is 10.1 Å². The van der Waals surface area contributed by atoms with Crippen LogP contribution in [0.3, 0.4) is 0 Å². The minimum atomic E-state index is -0.483. The van der Waals surface area contributed by atoms with Crippen molar-refractivity contribution in [1.29, 1.82) is 0 Å². The van der Waals surface area contributed by atoms with Gasteiger partial charge in [-0.1, -0.05) is 45.9 Å². The molecule has 1 unspecified atom stereocenters. The lowest BCUT2D eigenvalue weighted by Crippen LogP contribution is -2.39. The molecule has 0 saturated carbocycles. The molecule has 0 aliphatic heterocycles. The third-order valence-electron chi connectivity index (χ3n) is 3.71. The molecule has 0 aliphatic carbocycles. The van der Waals surface area contributed by atoms with Crippen LogP contribution in [-0.2, 0) is 0 Å².